The van der Waals surface area contributed by atoms with Crippen LogP contribution in [-0.2, 0) is 0 Å². The third-order valence-corrected chi connectivity index (χ3v) is 7.11. The van der Waals surface area contributed by atoms with Crippen molar-refractivity contribution in [2.24, 2.45) is 0 Å². The number of carbonyl (C=O) groups excluding carboxylic acids is 1. The second-order valence-corrected chi connectivity index (χ2v) is 10.0. The van der Waals surface area contributed by atoms with Gasteiger partial charge >= 0.3 is 6.03 Å². The number of nitrogens with zero attached hydrogens (tertiary/aromatic N) is 3. The molecule has 0 aliphatic carbocycles. The van der Waals surface area contributed by atoms with Crippen molar-refractivity contribution < 1.29 is 9.32 Å². The molecule has 2 heterocycles. The summed E-state index contributed by atoms with van der Waals surface area (Å²) in [6.45, 7) is 8.03. The fraction of sp³-hybridized carbons (Fsp3) is 0.207. The van der Waals surface area contributed by atoms with E-state index in [0.29, 0.717) is 11.7 Å². The van der Waals surface area contributed by atoms with Gasteiger partial charge in [-0.15, -0.1) is 11.8 Å². The Morgan fingerprint density at radius 2 is 1.56 bits per heavy atom. The van der Waals surface area contributed by atoms with Crippen LogP contribution in [0.1, 0.15) is 41.1 Å². The standard InChI is InChI=1S/C29H28N4O2S/c1-17-6-8-22(9-7-17)27-31-28(35-32-27)25-20(4)33(23-15-18(2)14-19(3)16-23)29(34)30-26(25)21-10-12-24(36-5)13-11-21/h6-16,26H,1-5H3,(H,30,34). The monoisotopic (exact) mass is 496 g/mol. The minimum absolute atomic E-state index is 0.196. The minimum atomic E-state index is -0.429. The number of anilines is 1. The Balaban J connectivity index is 1.65. The Labute approximate surface area is 215 Å². The molecule has 6 nitrogen and oxygen atoms in total. The van der Waals surface area contributed by atoms with Crippen LogP contribution < -0.4 is 10.2 Å². The van der Waals surface area contributed by atoms with Gasteiger partial charge in [0.15, 0.2) is 0 Å². The summed E-state index contributed by atoms with van der Waals surface area (Å²) in [5.74, 6) is 0.896. The minimum Gasteiger partial charge on any atom is -0.334 e. The molecule has 0 spiro atoms. The molecule has 2 amide bonds. The molecule has 1 aromatic heterocycles. The lowest BCUT2D eigenvalue weighted by molar-refractivity contribution is 0.244. The fourth-order valence-corrected chi connectivity index (χ4v) is 5.02. The number of aromatic nitrogens is 2. The number of hydrogen-bond acceptors (Lipinski definition) is 5. The zero-order valence-electron chi connectivity index (χ0n) is 21.0. The molecule has 3 aromatic carbocycles. The number of aryl methyl sites for hydroxylation is 3. The van der Waals surface area contributed by atoms with Gasteiger partial charge in [-0.1, -0.05) is 53.2 Å². The number of urea groups is 1. The van der Waals surface area contributed by atoms with Gasteiger partial charge in [0.2, 0.25) is 5.82 Å². The maximum atomic E-state index is 13.5. The van der Waals surface area contributed by atoms with Crippen LogP contribution in [0, 0.1) is 20.8 Å². The van der Waals surface area contributed by atoms with Crippen LogP contribution in [0.15, 0.2) is 81.8 Å². The maximum Gasteiger partial charge on any atom is 0.326 e. The second-order valence-electron chi connectivity index (χ2n) is 9.13. The third kappa shape index (κ3) is 4.54. The number of amides is 2. The molecule has 1 aliphatic rings. The highest BCUT2D eigenvalue weighted by Crippen LogP contribution is 2.39. The fourth-order valence-electron chi connectivity index (χ4n) is 4.61. The summed E-state index contributed by atoms with van der Waals surface area (Å²) in [5, 5.41) is 7.46. The van der Waals surface area contributed by atoms with Crippen molar-refractivity contribution in [3.8, 4) is 11.4 Å². The van der Waals surface area contributed by atoms with Gasteiger partial charge in [0, 0.05) is 16.2 Å². The third-order valence-electron chi connectivity index (χ3n) is 6.36. The molecule has 0 saturated heterocycles. The Kier molecular flexibility index (Phi) is 6.41. The lowest BCUT2D eigenvalue weighted by Gasteiger charge is -2.35. The van der Waals surface area contributed by atoms with Crippen LogP contribution in [0.2, 0.25) is 0 Å². The first-order chi connectivity index (χ1) is 17.3. The molecule has 182 valence electrons. The van der Waals surface area contributed by atoms with Crippen molar-refractivity contribution in [1.29, 1.82) is 0 Å². The molecular formula is C29H28N4O2S. The van der Waals surface area contributed by atoms with E-state index in [1.807, 2.05) is 82.5 Å². The van der Waals surface area contributed by atoms with Crippen molar-refractivity contribution in [3.63, 3.8) is 0 Å². The van der Waals surface area contributed by atoms with Crippen molar-refractivity contribution in [2.45, 2.75) is 38.6 Å². The van der Waals surface area contributed by atoms with Crippen LogP contribution in [0.25, 0.3) is 17.0 Å². The Hall–Kier alpha value is -3.84. The highest BCUT2D eigenvalue weighted by atomic mass is 32.2. The van der Waals surface area contributed by atoms with Crippen molar-refractivity contribution in [1.82, 2.24) is 15.5 Å². The predicted octanol–water partition coefficient (Wildman–Crippen LogP) is 7.09. The van der Waals surface area contributed by atoms with Crippen molar-refractivity contribution >= 4 is 29.1 Å². The van der Waals surface area contributed by atoms with E-state index in [0.717, 1.165) is 49.7 Å². The first kappa shape index (κ1) is 23.9. The van der Waals surface area contributed by atoms with Gasteiger partial charge < -0.3 is 9.84 Å². The molecule has 36 heavy (non-hydrogen) atoms. The summed E-state index contributed by atoms with van der Waals surface area (Å²) in [5.41, 5.74) is 7.48. The van der Waals surface area contributed by atoms with Crippen LogP contribution in [0.4, 0.5) is 10.5 Å². The van der Waals surface area contributed by atoms with E-state index in [1.54, 1.807) is 16.7 Å². The van der Waals surface area contributed by atoms with Gasteiger partial charge in [-0.05, 0) is 74.9 Å². The van der Waals surface area contributed by atoms with E-state index in [4.69, 9.17) is 9.51 Å². The van der Waals surface area contributed by atoms with E-state index < -0.39 is 6.04 Å². The number of rotatable bonds is 5. The molecular weight excluding hydrogens is 468 g/mol. The van der Waals surface area contributed by atoms with Crippen LogP contribution in [0.3, 0.4) is 0 Å². The lowest BCUT2D eigenvalue weighted by atomic mass is 9.94. The van der Waals surface area contributed by atoms with Gasteiger partial charge in [0.25, 0.3) is 5.89 Å². The molecule has 0 radical (unpaired) electrons. The van der Waals surface area contributed by atoms with Crippen molar-refractivity contribution in [2.75, 3.05) is 11.2 Å². The summed E-state index contributed by atoms with van der Waals surface area (Å²) in [7, 11) is 0. The Morgan fingerprint density at radius 1 is 0.889 bits per heavy atom. The summed E-state index contributed by atoms with van der Waals surface area (Å²) in [6.07, 6.45) is 2.04. The maximum absolute atomic E-state index is 13.5. The lowest BCUT2D eigenvalue weighted by Crippen LogP contribution is -2.46. The van der Waals surface area contributed by atoms with Gasteiger partial charge in [-0.3, -0.25) is 4.90 Å². The van der Waals surface area contributed by atoms with E-state index in [1.165, 1.54) is 0 Å². The smallest absolute Gasteiger partial charge is 0.326 e. The van der Waals surface area contributed by atoms with Gasteiger partial charge in [0.1, 0.15) is 0 Å². The summed E-state index contributed by atoms with van der Waals surface area (Å²) in [6, 6.07) is 21.7. The SMILES string of the molecule is CSc1ccc(C2NC(=O)N(c3cc(C)cc(C)c3)C(C)=C2c2nc(-c3ccc(C)cc3)no2)cc1. The van der Waals surface area contributed by atoms with Crippen LogP contribution in [-0.4, -0.2) is 22.4 Å². The highest BCUT2D eigenvalue weighted by molar-refractivity contribution is 7.98. The number of benzene rings is 3. The first-order valence-electron chi connectivity index (χ1n) is 11.8. The highest BCUT2D eigenvalue weighted by Gasteiger charge is 2.36. The second kappa shape index (κ2) is 9.66. The molecule has 0 saturated carbocycles. The average molecular weight is 497 g/mol. The van der Waals surface area contributed by atoms with Gasteiger partial charge in [-0.2, -0.15) is 4.98 Å². The quantitative estimate of drug-likeness (QED) is 0.299. The number of nitrogens with one attached hydrogen (secondary N) is 1. The number of allylic oxidation sites excluding steroid dienone is 1. The molecule has 1 aliphatic heterocycles. The summed E-state index contributed by atoms with van der Waals surface area (Å²) in [4.78, 5) is 21.1. The largest absolute Gasteiger partial charge is 0.334 e. The van der Waals surface area contributed by atoms with E-state index in [2.05, 4.69) is 28.7 Å². The van der Waals surface area contributed by atoms with E-state index in [9.17, 15) is 4.79 Å². The van der Waals surface area contributed by atoms with Crippen molar-refractivity contribution in [3.05, 3.63) is 101 Å². The molecule has 0 bridgehead atoms. The number of carbonyl (C=O) groups is 1. The number of hydrogen-bond donors (Lipinski definition) is 1. The average Bonchev–Trinajstić information content (AvgIpc) is 3.33. The Bertz CT molecular complexity index is 1440. The molecule has 1 atom stereocenters. The molecule has 1 N–H and O–H groups in total. The molecule has 5 rings (SSSR count). The molecule has 7 heteroatoms. The summed E-state index contributed by atoms with van der Waals surface area (Å²) < 4.78 is 5.82. The zero-order chi connectivity index (χ0) is 25.4. The topological polar surface area (TPSA) is 71.3 Å². The Morgan fingerprint density at radius 3 is 2.19 bits per heavy atom. The molecule has 1 unspecified atom stereocenters. The van der Waals surface area contributed by atoms with Gasteiger partial charge in [0.05, 0.1) is 17.3 Å². The zero-order valence-corrected chi connectivity index (χ0v) is 21.8. The van der Waals surface area contributed by atoms with Crippen LogP contribution >= 0.6 is 11.8 Å². The van der Waals surface area contributed by atoms with E-state index in [-0.39, 0.29) is 6.03 Å². The molecule has 4 aromatic rings. The molecule has 0 fully saturated rings. The summed E-state index contributed by atoms with van der Waals surface area (Å²) >= 11 is 1.68. The predicted molar refractivity (Wildman–Crippen MR) is 145 cm³/mol. The normalized spacial score (nSPS) is 15.9. The first-order valence-corrected chi connectivity index (χ1v) is 13.0. The number of thioether (sulfide) groups is 1. The van der Waals surface area contributed by atoms with Crippen LogP contribution in [0.5, 0.6) is 0 Å². The van der Waals surface area contributed by atoms with Gasteiger partial charge in [-0.25, -0.2) is 4.79 Å². The van der Waals surface area contributed by atoms with E-state index >= 15 is 0 Å².